The van der Waals surface area contributed by atoms with E-state index in [1.807, 2.05) is 0 Å². The molecule has 20 heavy (non-hydrogen) atoms. The van der Waals surface area contributed by atoms with Gasteiger partial charge in [0.2, 0.25) is 5.91 Å². The van der Waals surface area contributed by atoms with E-state index in [9.17, 15) is 18.0 Å². The Balaban J connectivity index is 1.72. The first-order valence-corrected chi connectivity index (χ1v) is 8.90. The first-order valence-electron chi connectivity index (χ1n) is 7.08. The molecule has 1 aliphatic heterocycles. The van der Waals surface area contributed by atoms with Gasteiger partial charge in [0.1, 0.15) is 0 Å². The molecule has 1 atom stereocenters. The van der Waals surface area contributed by atoms with Crippen molar-refractivity contribution >= 4 is 21.7 Å². The smallest absolute Gasteiger partial charge is 0.306 e. The minimum Gasteiger partial charge on any atom is -0.481 e. The van der Waals surface area contributed by atoms with Gasteiger partial charge in [-0.05, 0) is 38.0 Å². The molecule has 2 aliphatic rings. The van der Waals surface area contributed by atoms with Gasteiger partial charge in [-0.15, -0.1) is 0 Å². The SMILES string of the molecule is O=C(O)C1CCC(C(=O)NCC2CCS(=O)(=O)C2)CC1. The first-order chi connectivity index (χ1) is 9.37. The lowest BCUT2D eigenvalue weighted by Gasteiger charge is -2.25. The van der Waals surface area contributed by atoms with Crippen LogP contribution in [0.15, 0.2) is 0 Å². The van der Waals surface area contributed by atoms with Crippen molar-refractivity contribution in [1.29, 1.82) is 0 Å². The number of carboxylic acids is 1. The van der Waals surface area contributed by atoms with Crippen molar-refractivity contribution in [1.82, 2.24) is 5.32 Å². The number of rotatable bonds is 4. The maximum atomic E-state index is 12.0. The summed E-state index contributed by atoms with van der Waals surface area (Å²) in [5.74, 6) is -0.865. The molecule has 0 aromatic rings. The Hall–Kier alpha value is -1.11. The van der Waals surface area contributed by atoms with Crippen LogP contribution < -0.4 is 5.32 Å². The molecule has 2 N–H and O–H groups in total. The van der Waals surface area contributed by atoms with E-state index >= 15 is 0 Å². The molecule has 7 heteroatoms. The Morgan fingerprint density at radius 2 is 1.65 bits per heavy atom. The van der Waals surface area contributed by atoms with Crippen LogP contribution >= 0.6 is 0 Å². The summed E-state index contributed by atoms with van der Waals surface area (Å²) in [5, 5.41) is 11.7. The van der Waals surface area contributed by atoms with Crippen LogP contribution in [0.1, 0.15) is 32.1 Å². The summed E-state index contributed by atoms with van der Waals surface area (Å²) in [5.41, 5.74) is 0. The maximum Gasteiger partial charge on any atom is 0.306 e. The van der Waals surface area contributed by atoms with Crippen molar-refractivity contribution in [2.75, 3.05) is 18.1 Å². The number of carbonyl (C=O) groups excluding carboxylic acids is 1. The minimum absolute atomic E-state index is 0.0271. The van der Waals surface area contributed by atoms with Crippen molar-refractivity contribution in [3.8, 4) is 0 Å². The summed E-state index contributed by atoms with van der Waals surface area (Å²) < 4.78 is 22.6. The van der Waals surface area contributed by atoms with Crippen LogP contribution in [0.5, 0.6) is 0 Å². The van der Waals surface area contributed by atoms with Crippen molar-refractivity contribution in [3.05, 3.63) is 0 Å². The Morgan fingerprint density at radius 3 is 2.15 bits per heavy atom. The molecule has 1 heterocycles. The van der Waals surface area contributed by atoms with Crippen LogP contribution in [0.3, 0.4) is 0 Å². The van der Waals surface area contributed by atoms with Crippen molar-refractivity contribution < 1.29 is 23.1 Å². The largest absolute Gasteiger partial charge is 0.481 e. The topological polar surface area (TPSA) is 101 Å². The Bertz CT molecular complexity index is 479. The number of hydrogen-bond acceptors (Lipinski definition) is 4. The van der Waals surface area contributed by atoms with Gasteiger partial charge >= 0.3 is 5.97 Å². The summed E-state index contributed by atoms with van der Waals surface area (Å²) in [6.07, 6.45) is 2.92. The molecular weight excluding hydrogens is 282 g/mol. The van der Waals surface area contributed by atoms with Gasteiger partial charge in [0, 0.05) is 12.5 Å². The van der Waals surface area contributed by atoms with Gasteiger partial charge in [-0.3, -0.25) is 9.59 Å². The summed E-state index contributed by atoms with van der Waals surface area (Å²) >= 11 is 0. The Morgan fingerprint density at radius 1 is 1.05 bits per heavy atom. The average Bonchev–Trinajstić information content (AvgIpc) is 2.75. The summed E-state index contributed by atoms with van der Waals surface area (Å²) in [6.45, 7) is 0.414. The van der Waals surface area contributed by atoms with Crippen LogP contribution in [-0.4, -0.2) is 43.5 Å². The lowest BCUT2D eigenvalue weighted by Crippen LogP contribution is -2.37. The van der Waals surface area contributed by atoms with Gasteiger partial charge in [-0.25, -0.2) is 8.42 Å². The fourth-order valence-electron chi connectivity index (χ4n) is 3.02. The molecule has 2 fully saturated rings. The molecule has 6 nitrogen and oxygen atoms in total. The zero-order valence-electron chi connectivity index (χ0n) is 11.4. The first kappa shape index (κ1) is 15.3. The average molecular weight is 303 g/mol. The van der Waals surface area contributed by atoms with Gasteiger partial charge in [0.25, 0.3) is 0 Å². The lowest BCUT2D eigenvalue weighted by molar-refractivity contribution is -0.144. The molecule has 0 aromatic carbocycles. The monoisotopic (exact) mass is 303 g/mol. The molecule has 0 radical (unpaired) electrons. The highest BCUT2D eigenvalue weighted by atomic mass is 32.2. The molecular formula is C13H21NO5S. The third-order valence-electron chi connectivity index (χ3n) is 4.34. The predicted molar refractivity (Wildman–Crippen MR) is 72.9 cm³/mol. The minimum atomic E-state index is -2.90. The number of aliphatic carboxylic acids is 1. The second-order valence-electron chi connectivity index (χ2n) is 5.90. The molecule has 0 bridgehead atoms. The fourth-order valence-corrected chi connectivity index (χ4v) is 4.89. The van der Waals surface area contributed by atoms with Crippen LogP contribution in [0.25, 0.3) is 0 Å². The van der Waals surface area contributed by atoms with E-state index in [-0.39, 0.29) is 35.2 Å². The van der Waals surface area contributed by atoms with Crippen LogP contribution in [0.4, 0.5) is 0 Å². The molecule has 1 amide bonds. The third-order valence-corrected chi connectivity index (χ3v) is 6.18. The Labute approximate surface area is 118 Å². The highest BCUT2D eigenvalue weighted by Crippen LogP contribution is 2.29. The van der Waals surface area contributed by atoms with E-state index in [0.717, 1.165) is 0 Å². The number of sulfone groups is 1. The van der Waals surface area contributed by atoms with Crippen LogP contribution in [0.2, 0.25) is 0 Å². The number of carboxylic acid groups (broad SMARTS) is 1. The molecule has 0 spiro atoms. The lowest BCUT2D eigenvalue weighted by atomic mass is 9.81. The highest BCUT2D eigenvalue weighted by molar-refractivity contribution is 7.91. The molecule has 1 saturated carbocycles. The van der Waals surface area contributed by atoms with Crippen molar-refractivity contribution in [3.63, 3.8) is 0 Å². The van der Waals surface area contributed by atoms with Crippen molar-refractivity contribution in [2.45, 2.75) is 32.1 Å². The van der Waals surface area contributed by atoms with E-state index in [2.05, 4.69) is 5.32 Å². The highest BCUT2D eigenvalue weighted by Gasteiger charge is 2.31. The van der Waals surface area contributed by atoms with Gasteiger partial charge in [0.05, 0.1) is 17.4 Å². The van der Waals surface area contributed by atoms with Gasteiger partial charge in [-0.2, -0.15) is 0 Å². The Kier molecular flexibility index (Phi) is 4.67. The standard InChI is InChI=1S/C13H21NO5S/c15-12(10-1-3-11(4-2-10)13(16)17)14-7-9-5-6-20(18,19)8-9/h9-11H,1-8H2,(H,14,15)(H,16,17). The summed E-state index contributed by atoms with van der Waals surface area (Å²) in [7, 11) is -2.90. The molecule has 2 rings (SSSR count). The fraction of sp³-hybridized carbons (Fsp3) is 0.846. The quantitative estimate of drug-likeness (QED) is 0.784. The summed E-state index contributed by atoms with van der Waals surface area (Å²) in [4.78, 5) is 22.8. The van der Waals surface area contributed by atoms with Crippen LogP contribution in [-0.2, 0) is 19.4 Å². The number of hydrogen-bond donors (Lipinski definition) is 2. The third kappa shape index (κ3) is 3.94. The van der Waals surface area contributed by atoms with E-state index in [0.29, 0.717) is 38.6 Å². The molecule has 114 valence electrons. The maximum absolute atomic E-state index is 12.0. The van der Waals surface area contributed by atoms with E-state index in [1.54, 1.807) is 0 Å². The second kappa shape index (κ2) is 6.11. The van der Waals surface area contributed by atoms with Crippen LogP contribution in [0, 0.1) is 17.8 Å². The number of amides is 1. The second-order valence-corrected chi connectivity index (χ2v) is 8.13. The van der Waals surface area contributed by atoms with Gasteiger partial charge in [-0.1, -0.05) is 0 Å². The molecule has 0 aromatic heterocycles. The number of nitrogens with one attached hydrogen (secondary N) is 1. The normalized spacial score (nSPS) is 32.7. The zero-order chi connectivity index (χ0) is 14.8. The van der Waals surface area contributed by atoms with E-state index in [1.165, 1.54) is 0 Å². The molecule has 1 unspecified atom stereocenters. The predicted octanol–water partition coefficient (Wildman–Crippen LogP) is 0.428. The number of carbonyl (C=O) groups is 2. The summed E-state index contributed by atoms with van der Waals surface area (Å²) in [6, 6.07) is 0. The van der Waals surface area contributed by atoms with E-state index in [4.69, 9.17) is 5.11 Å². The molecule has 1 aliphatic carbocycles. The van der Waals surface area contributed by atoms with Gasteiger partial charge < -0.3 is 10.4 Å². The van der Waals surface area contributed by atoms with E-state index < -0.39 is 15.8 Å². The molecule has 1 saturated heterocycles. The van der Waals surface area contributed by atoms with Gasteiger partial charge in [0.15, 0.2) is 9.84 Å². The van der Waals surface area contributed by atoms with Crippen molar-refractivity contribution in [2.24, 2.45) is 17.8 Å². The zero-order valence-corrected chi connectivity index (χ0v) is 12.2.